The minimum absolute atomic E-state index is 0.0813. The van der Waals surface area contributed by atoms with Crippen LogP contribution in [-0.4, -0.2) is 51.8 Å². The molecule has 0 saturated carbocycles. The van der Waals surface area contributed by atoms with Gasteiger partial charge in [0, 0.05) is 24.1 Å². The first-order chi connectivity index (χ1) is 9.34. The summed E-state index contributed by atoms with van der Waals surface area (Å²) in [6.45, 7) is 4.99. The van der Waals surface area contributed by atoms with Crippen molar-refractivity contribution in [2.45, 2.75) is 31.8 Å². The van der Waals surface area contributed by atoms with Crippen molar-refractivity contribution in [2.24, 2.45) is 0 Å². The van der Waals surface area contributed by atoms with E-state index in [9.17, 15) is 14.7 Å². The van der Waals surface area contributed by atoms with E-state index in [-0.39, 0.29) is 18.0 Å². The second-order valence-corrected chi connectivity index (χ2v) is 5.91. The van der Waals surface area contributed by atoms with Crippen LogP contribution in [-0.2, 0) is 16.8 Å². The minimum Gasteiger partial charge on any atom is -0.480 e. The topological polar surface area (TPSA) is 87.5 Å². The third-order valence-electron chi connectivity index (χ3n) is 4.48. The highest BCUT2D eigenvalue weighted by molar-refractivity contribution is 5.96. The first-order valence-corrected chi connectivity index (χ1v) is 6.68. The second kappa shape index (κ2) is 4.05. The summed E-state index contributed by atoms with van der Waals surface area (Å²) in [5.74, 6) is -1.21. The number of aliphatic carboxylic acids is 1. The van der Waals surface area contributed by atoms with Crippen LogP contribution in [0.2, 0.25) is 0 Å². The average Bonchev–Trinajstić information content (AvgIpc) is 2.75. The van der Waals surface area contributed by atoms with Crippen molar-refractivity contribution in [1.29, 1.82) is 0 Å². The normalized spacial score (nSPS) is 24.8. The maximum atomic E-state index is 12.2. The predicted molar refractivity (Wildman–Crippen MR) is 70.6 cm³/mol. The number of carboxylic acids is 1. The third-order valence-corrected chi connectivity index (χ3v) is 4.48. The van der Waals surface area contributed by atoms with Crippen molar-refractivity contribution in [3.63, 3.8) is 0 Å². The Morgan fingerprint density at radius 3 is 2.85 bits per heavy atom. The lowest BCUT2D eigenvalue weighted by Crippen LogP contribution is -2.47. The van der Waals surface area contributed by atoms with Crippen molar-refractivity contribution in [1.82, 2.24) is 20.0 Å². The van der Waals surface area contributed by atoms with E-state index in [0.29, 0.717) is 5.69 Å². The van der Waals surface area contributed by atoms with Gasteiger partial charge in [-0.15, -0.1) is 0 Å². The van der Waals surface area contributed by atoms with Crippen LogP contribution in [0.4, 0.5) is 0 Å². The Labute approximate surface area is 116 Å². The molecule has 1 atom stereocenters. The molecule has 2 aliphatic heterocycles. The average molecular weight is 278 g/mol. The number of likely N-dealkylation sites (N-methyl/N-ethyl adjacent to an activating group) is 1. The molecule has 3 rings (SSSR count). The van der Waals surface area contributed by atoms with Crippen molar-refractivity contribution >= 4 is 11.9 Å². The largest absolute Gasteiger partial charge is 0.480 e. The van der Waals surface area contributed by atoms with E-state index >= 15 is 0 Å². The molecule has 20 heavy (non-hydrogen) atoms. The molecule has 2 N–H and O–H groups in total. The Morgan fingerprint density at radius 1 is 1.50 bits per heavy atom. The second-order valence-electron chi connectivity index (χ2n) is 5.91. The van der Waals surface area contributed by atoms with Gasteiger partial charge in [0.1, 0.15) is 5.69 Å². The van der Waals surface area contributed by atoms with Gasteiger partial charge in [0.2, 0.25) is 0 Å². The van der Waals surface area contributed by atoms with Gasteiger partial charge in [-0.2, -0.15) is 5.10 Å². The van der Waals surface area contributed by atoms with Gasteiger partial charge in [0.25, 0.3) is 5.91 Å². The monoisotopic (exact) mass is 278 g/mol. The fraction of sp³-hybridized carbons (Fsp3) is 0.615. The van der Waals surface area contributed by atoms with Crippen molar-refractivity contribution in [2.75, 3.05) is 20.1 Å². The highest BCUT2D eigenvalue weighted by atomic mass is 16.4. The summed E-state index contributed by atoms with van der Waals surface area (Å²) in [4.78, 5) is 25.7. The van der Waals surface area contributed by atoms with E-state index in [2.05, 4.69) is 15.3 Å². The summed E-state index contributed by atoms with van der Waals surface area (Å²) in [7, 11) is 2.00. The quantitative estimate of drug-likeness (QED) is 0.753. The predicted octanol–water partition coefficient (Wildman–Crippen LogP) is -0.0248. The molecular weight excluding hydrogens is 260 g/mol. The lowest BCUT2D eigenvalue weighted by molar-refractivity contribution is -0.141. The van der Waals surface area contributed by atoms with Crippen LogP contribution >= 0.6 is 0 Å². The number of aromatic nitrogens is 2. The zero-order valence-electron chi connectivity index (χ0n) is 11.8. The molecular formula is C13H18N4O3. The number of rotatable bonds is 1. The number of fused-ring (bicyclic) bond motifs is 3. The lowest BCUT2D eigenvalue weighted by atomic mass is 9.85. The van der Waals surface area contributed by atoms with Crippen LogP contribution in [0.25, 0.3) is 0 Å². The highest BCUT2D eigenvalue weighted by Gasteiger charge is 2.43. The van der Waals surface area contributed by atoms with Crippen molar-refractivity contribution in [3.05, 3.63) is 17.0 Å². The summed E-state index contributed by atoms with van der Waals surface area (Å²) in [5.41, 5.74) is 1.76. The van der Waals surface area contributed by atoms with Gasteiger partial charge in [-0.05, 0) is 20.9 Å². The summed E-state index contributed by atoms with van der Waals surface area (Å²) in [6.07, 6.45) is 0.731. The van der Waals surface area contributed by atoms with Crippen LogP contribution in [0, 0.1) is 0 Å². The Kier molecular flexibility index (Phi) is 2.66. The van der Waals surface area contributed by atoms with E-state index in [0.717, 1.165) is 24.2 Å². The molecule has 1 amide bonds. The van der Waals surface area contributed by atoms with Crippen LogP contribution in [0.5, 0.6) is 0 Å². The Morgan fingerprint density at radius 2 is 2.20 bits per heavy atom. The first kappa shape index (κ1) is 13.1. The van der Waals surface area contributed by atoms with Crippen molar-refractivity contribution < 1.29 is 14.7 Å². The van der Waals surface area contributed by atoms with E-state index in [1.54, 1.807) is 0 Å². The number of carbonyl (C=O) groups excluding carboxylic acids is 1. The smallest absolute Gasteiger partial charge is 0.330 e. The number of carbonyl (C=O) groups is 2. The molecule has 0 aliphatic carbocycles. The zero-order chi connectivity index (χ0) is 14.7. The van der Waals surface area contributed by atoms with E-state index < -0.39 is 12.0 Å². The van der Waals surface area contributed by atoms with Gasteiger partial charge < -0.3 is 10.4 Å². The van der Waals surface area contributed by atoms with Crippen LogP contribution in [0.15, 0.2) is 0 Å². The molecule has 1 aromatic heterocycles. The molecule has 0 radical (unpaired) electrons. The number of nitrogens with one attached hydrogen (secondary N) is 1. The minimum atomic E-state index is -0.975. The van der Waals surface area contributed by atoms with Gasteiger partial charge in [-0.1, -0.05) is 0 Å². The van der Waals surface area contributed by atoms with Gasteiger partial charge in [-0.3, -0.25) is 9.69 Å². The van der Waals surface area contributed by atoms with E-state index in [1.807, 2.05) is 20.9 Å². The molecule has 1 unspecified atom stereocenters. The number of hydrogen-bond acceptors (Lipinski definition) is 4. The molecule has 108 valence electrons. The maximum absolute atomic E-state index is 12.2. The summed E-state index contributed by atoms with van der Waals surface area (Å²) >= 11 is 0. The first-order valence-electron chi connectivity index (χ1n) is 6.68. The molecule has 0 fully saturated rings. The highest BCUT2D eigenvalue weighted by Crippen LogP contribution is 2.37. The third kappa shape index (κ3) is 1.59. The van der Waals surface area contributed by atoms with Crippen LogP contribution < -0.4 is 5.32 Å². The fourth-order valence-corrected chi connectivity index (χ4v) is 3.04. The van der Waals surface area contributed by atoms with Gasteiger partial charge in [-0.25, -0.2) is 9.48 Å². The SMILES string of the molecule is CN1CCc2nn3c(c2C1(C)C)C(=O)NCC3C(=O)O. The molecule has 0 bridgehead atoms. The number of nitrogens with zero attached hydrogens (tertiary/aromatic N) is 3. The molecule has 2 aliphatic rings. The fourth-order valence-electron chi connectivity index (χ4n) is 3.04. The Bertz CT molecular complexity index is 605. The van der Waals surface area contributed by atoms with Crippen LogP contribution in [0.1, 0.15) is 41.6 Å². The Balaban J connectivity index is 2.24. The Hall–Kier alpha value is -1.89. The van der Waals surface area contributed by atoms with E-state index in [1.165, 1.54) is 4.68 Å². The number of carboxylic acid groups (broad SMARTS) is 1. The zero-order valence-corrected chi connectivity index (χ0v) is 11.8. The van der Waals surface area contributed by atoms with Gasteiger partial charge in [0.15, 0.2) is 6.04 Å². The van der Waals surface area contributed by atoms with Gasteiger partial charge >= 0.3 is 5.97 Å². The molecule has 1 aromatic rings. The summed E-state index contributed by atoms with van der Waals surface area (Å²) in [6, 6.07) is -0.825. The molecule has 0 spiro atoms. The lowest BCUT2D eigenvalue weighted by Gasteiger charge is -2.40. The maximum Gasteiger partial charge on any atom is 0.330 e. The summed E-state index contributed by atoms with van der Waals surface area (Å²) in [5, 5.41) is 16.4. The molecule has 7 nitrogen and oxygen atoms in total. The molecule has 0 aromatic carbocycles. The number of hydrogen-bond donors (Lipinski definition) is 2. The molecule has 7 heteroatoms. The molecule has 3 heterocycles. The summed E-state index contributed by atoms with van der Waals surface area (Å²) < 4.78 is 1.40. The number of amides is 1. The van der Waals surface area contributed by atoms with Crippen molar-refractivity contribution in [3.8, 4) is 0 Å². The molecule has 0 saturated heterocycles. The van der Waals surface area contributed by atoms with Crippen LogP contribution in [0.3, 0.4) is 0 Å². The standard InChI is InChI=1S/C13H18N4O3/c1-13(2)9-7(4-5-16(13)3)15-17-8(12(19)20)6-14-11(18)10(9)17/h8H,4-6H2,1-3H3,(H,14,18)(H,19,20). The van der Waals surface area contributed by atoms with E-state index in [4.69, 9.17) is 0 Å². The van der Waals surface area contributed by atoms with Gasteiger partial charge in [0.05, 0.1) is 12.2 Å².